The third-order valence-electron chi connectivity index (χ3n) is 4.86. The number of aromatic nitrogens is 4. The van der Waals surface area contributed by atoms with Gasteiger partial charge in [-0.05, 0) is 18.2 Å². The number of benzene rings is 1. The molecule has 1 aliphatic rings. The van der Waals surface area contributed by atoms with Gasteiger partial charge in [0.1, 0.15) is 5.69 Å². The fourth-order valence-electron chi connectivity index (χ4n) is 3.23. The second-order valence-corrected chi connectivity index (χ2v) is 7.09. The summed E-state index contributed by atoms with van der Waals surface area (Å²) in [6.45, 7) is 1.97. The highest BCUT2D eigenvalue weighted by atomic mass is 19.4. The van der Waals surface area contributed by atoms with Crippen LogP contribution in [0.1, 0.15) is 17.1 Å². The Hall–Kier alpha value is -3.22. The molecule has 0 atom stereocenters. The predicted molar refractivity (Wildman–Crippen MR) is 99.3 cm³/mol. The van der Waals surface area contributed by atoms with Crippen LogP contribution in [0, 0.1) is 0 Å². The molecule has 3 aromatic rings. The Bertz CT molecular complexity index is 1070. The van der Waals surface area contributed by atoms with E-state index in [1.807, 2.05) is 4.90 Å². The summed E-state index contributed by atoms with van der Waals surface area (Å²) < 4.78 is 82.4. The molecule has 0 unspecified atom stereocenters. The topological polar surface area (TPSA) is 71.2 Å². The molecule has 0 spiro atoms. The van der Waals surface area contributed by atoms with Crippen LogP contribution < -0.4 is 4.90 Å². The Balaban J connectivity index is 1.37. The van der Waals surface area contributed by atoms with Gasteiger partial charge in [0.2, 0.25) is 17.7 Å². The highest BCUT2D eigenvalue weighted by Crippen LogP contribution is 2.31. The van der Waals surface area contributed by atoms with Crippen LogP contribution in [0.15, 0.2) is 41.1 Å². The minimum Gasteiger partial charge on any atom is -0.338 e. The first kappa shape index (κ1) is 22.0. The number of hydrogen-bond donors (Lipinski definition) is 0. The lowest BCUT2D eigenvalue weighted by atomic mass is 10.1. The predicted octanol–water partition coefficient (Wildman–Crippen LogP) is 3.89. The summed E-state index contributed by atoms with van der Waals surface area (Å²) in [6, 6.07) is 5.44. The second kappa shape index (κ2) is 8.37. The third kappa shape index (κ3) is 4.98. The largest absolute Gasteiger partial charge is 0.433 e. The summed E-state index contributed by atoms with van der Waals surface area (Å²) >= 11 is 0. The standard InChI is InChI=1S/C19H16F6N6O/c20-18(21,22)13-3-1-2-12(10-13)16-28-15(32-29-16)11-30-6-8-31(9-7-30)17-26-5-4-14(27-17)19(23,24)25/h1-5,10H,6-9,11H2. The molecule has 1 aliphatic heterocycles. The third-order valence-corrected chi connectivity index (χ3v) is 4.86. The van der Waals surface area contributed by atoms with Crippen molar-refractivity contribution in [2.75, 3.05) is 31.1 Å². The number of alkyl halides is 6. The molecule has 0 saturated carbocycles. The van der Waals surface area contributed by atoms with Gasteiger partial charge in [0, 0.05) is 37.9 Å². The van der Waals surface area contributed by atoms with Crippen molar-refractivity contribution in [2.24, 2.45) is 0 Å². The molecule has 32 heavy (non-hydrogen) atoms. The first-order valence-electron chi connectivity index (χ1n) is 9.47. The van der Waals surface area contributed by atoms with Crippen molar-refractivity contribution < 1.29 is 30.9 Å². The Morgan fingerprint density at radius 3 is 2.34 bits per heavy atom. The van der Waals surface area contributed by atoms with Crippen molar-refractivity contribution in [3.05, 3.63) is 53.7 Å². The minimum absolute atomic E-state index is 0.00379. The van der Waals surface area contributed by atoms with Crippen LogP contribution in [0.4, 0.5) is 32.3 Å². The first-order chi connectivity index (χ1) is 15.1. The van der Waals surface area contributed by atoms with E-state index < -0.39 is 23.6 Å². The fraction of sp³-hybridized carbons (Fsp3) is 0.368. The van der Waals surface area contributed by atoms with Crippen molar-refractivity contribution in [2.45, 2.75) is 18.9 Å². The SMILES string of the molecule is FC(F)(F)c1cccc(-c2noc(CN3CCN(c4nccc(C(F)(F)F)n4)CC3)n2)c1. The van der Waals surface area contributed by atoms with Gasteiger partial charge in [0.25, 0.3) is 0 Å². The van der Waals surface area contributed by atoms with Gasteiger partial charge in [-0.2, -0.15) is 31.3 Å². The highest BCUT2D eigenvalue weighted by molar-refractivity contribution is 5.55. The maximum absolute atomic E-state index is 12.9. The van der Waals surface area contributed by atoms with Gasteiger partial charge < -0.3 is 9.42 Å². The summed E-state index contributed by atoms with van der Waals surface area (Å²) in [7, 11) is 0. The van der Waals surface area contributed by atoms with E-state index in [0.29, 0.717) is 26.2 Å². The molecule has 7 nitrogen and oxygen atoms in total. The van der Waals surface area contributed by atoms with E-state index in [4.69, 9.17) is 4.52 Å². The zero-order chi connectivity index (χ0) is 22.9. The monoisotopic (exact) mass is 458 g/mol. The van der Waals surface area contributed by atoms with E-state index in [1.165, 1.54) is 12.1 Å². The van der Waals surface area contributed by atoms with Crippen LogP contribution in [0.3, 0.4) is 0 Å². The maximum atomic E-state index is 12.9. The molecular formula is C19H16F6N6O. The number of nitrogens with zero attached hydrogens (tertiary/aromatic N) is 6. The number of rotatable bonds is 4. The minimum atomic E-state index is -4.55. The molecule has 170 valence electrons. The van der Waals surface area contributed by atoms with Crippen molar-refractivity contribution in [3.8, 4) is 11.4 Å². The molecule has 13 heteroatoms. The number of piperazine rings is 1. The molecule has 1 fully saturated rings. The van der Waals surface area contributed by atoms with E-state index in [2.05, 4.69) is 20.1 Å². The van der Waals surface area contributed by atoms with Crippen LogP contribution in [-0.4, -0.2) is 51.2 Å². The summed E-state index contributed by atoms with van der Waals surface area (Å²) in [4.78, 5) is 15.3. The number of hydrogen-bond acceptors (Lipinski definition) is 7. The molecule has 0 N–H and O–H groups in total. The van der Waals surface area contributed by atoms with E-state index in [1.54, 1.807) is 4.90 Å². The molecule has 1 saturated heterocycles. The summed E-state index contributed by atoms with van der Waals surface area (Å²) in [5.74, 6) is 0.271. The molecule has 0 amide bonds. The van der Waals surface area contributed by atoms with Gasteiger partial charge in [0.05, 0.1) is 12.1 Å². The molecule has 0 radical (unpaired) electrons. The molecule has 3 heterocycles. The van der Waals surface area contributed by atoms with Crippen molar-refractivity contribution >= 4 is 5.95 Å². The Kier molecular flexibility index (Phi) is 5.75. The molecule has 0 bridgehead atoms. The lowest BCUT2D eigenvalue weighted by Gasteiger charge is -2.34. The highest BCUT2D eigenvalue weighted by Gasteiger charge is 2.34. The zero-order valence-corrected chi connectivity index (χ0v) is 16.4. The van der Waals surface area contributed by atoms with Crippen LogP contribution in [-0.2, 0) is 18.9 Å². The average Bonchev–Trinajstić information content (AvgIpc) is 3.22. The van der Waals surface area contributed by atoms with Gasteiger partial charge >= 0.3 is 12.4 Å². The van der Waals surface area contributed by atoms with Crippen LogP contribution >= 0.6 is 0 Å². The summed E-state index contributed by atoms with van der Waals surface area (Å²) in [6.07, 6.45) is -7.95. The molecule has 1 aromatic carbocycles. The van der Waals surface area contributed by atoms with Gasteiger partial charge in [-0.15, -0.1) is 0 Å². The van der Waals surface area contributed by atoms with Crippen LogP contribution in [0.5, 0.6) is 0 Å². The van der Waals surface area contributed by atoms with Gasteiger partial charge in [-0.25, -0.2) is 9.97 Å². The van der Waals surface area contributed by atoms with Gasteiger partial charge in [-0.1, -0.05) is 17.3 Å². The van der Waals surface area contributed by atoms with Gasteiger partial charge in [-0.3, -0.25) is 4.90 Å². The normalized spacial score (nSPS) is 15.9. The smallest absolute Gasteiger partial charge is 0.338 e. The van der Waals surface area contributed by atoms with Crippen LogP contribution in [0.2, 0.25) is 0 Å². The zero-order valence-electron chi connectivity index (χ0n) is 16.4. The van der Waals surface area contributed by atoms with Crippen molar-refractivity contribution in [1.82, 2.24) is 25.0 Å². The maximum Gasteiger partial charge on any atom is 0.433 e. The average molecular weight is 458 g/mol. The summed E-state index contributed by atoms with van der Waals surface area (Å²) in [5, 5.41) is 3.75. The van der Waals surface area contributed by atoms with Crippen molar-refractivity contribution in [1.29, 1.82) is 0 Å². The summed E-state index contributed by atoms with van der Waals surface area (Å²) in [5.41, 5.74) is -1.63. The molecule has 4 rings (SSSR count). The lowest BCUT2D eigenvalue weighted by molar-refractivity contribution is -0.141. The molecule has 2 aromatic heterocycles. The quantitative estimate of drug-likeness (QED) is 0.550. The Labute approximate surface area is 177 Å². The lowest BCUT2D eigenvalue weighted by Crippen LogP contribution is -2.46. The molecule has 0 aliphatic carbocycles. The number of halogens is 6. The van der Waals surface area contributed by atoms with E-state index in [0.717, 1.165) is 24.4 Å². The van der Waals surface area contributed by atoms with E-state index >= 15 is 0 Å². The first-order valence-corrected chi connectivity index (χ1v) is 9.47. The van der Waals surface area contributed by atoms with E-state index in [9.17, 15) is 26.3 Å². The number of anilines is 1. The van der Waals surface area contributed by atoms with Crippen LogP contribution in [0.25, 0.3) is 11.4 Å². The Morgan fingerprint density at radius 1 is 0.906 bits per heavy atom. The fourth-order valence-corrected chi connectivity index (χ4v) is 3.23. The second-order valence-electron chi connectivity index (χ2n) is 7.09. The van der Waals surface area contributed by atoms with Crippen molar-refractivity contribution in [3.63, 3.8) is 0 Å². The van der Waals surface area contributed by atoms with E-state index in [-0.39, 0.29) is 29.8 Å². The Morgan fingerprint density at radius 2 is 1.66 bits per heavy atom. The van der Waals surface area contributed by atoms with Gasteiger partial charge in [0.15, 0.2) is 0 Å². The molecular weight excluding hydrogens is 442 g/mol.